The molecule has 1 aliphatic carbocycles. The number of hydrogen-bond acceptors (Lipinski definition) is 3. The summed E-state index contributed by atoms with van der Waals surface area (Å²) in [5.74, 6) is 0.365. The molecular formula is C17H28O3. The first kappa shape index (κ1) is 17.1. The molecule has 0 radical (unpaired) electrons. The molecule has 1 aliphatic rings. The number of hydrogen-bond donors (Lipinski definition) is 1. The van der Waals surface area contributed by atoms with E-state index >= 15 is 0 Å². The van der Waals surface area contributed by atoms with Crippen LogP contribution in [0.3, 0.4) is 0 Å². The second-order valence-corrected chi connectivity index (χ2v) is 5.78. The molecule has 0 saturated heterocycles. The Bertz CT molecular complexity index is 357. The van der Waals surface area contributed by atoms with Crippen molar-refractivity contribution in [2.75, 3.05) is 7.11 Å². The lowest BCUT2D eigenvalue weighted by molar-refractivity contribution is -0.119. The number of rotatable bonds is 1. The molecule has 1 rings (SSSR count). The average molecular weight is 280 g/mol. The Morgan fingerprint density at radius 2 is 2.00 bits per heavy atom. The summed E-state index contributed by atoms with van der Waals surface area (Å²) in [7, 11) is 1.63. The molecule has 1 N–H and O–H groups in total. The molecule has 1 unspecified atom stereocenters. The molecule has 0 heterocycles. The minimum atomic E-state index is -0.551. The molecular weight excluding hydrogens is 252 g/mol. The normalized spacial score (nSPS) is 34.9. The van der Waals surface area contributed by atoms with E-state index in [4.69, 9.17) is 4.74 Å². The van der Waals surface area contributed by atoms with Gasteiger partial charge in [-0.1, -0.05) is 30.7 Å². The Morgan fingerprint density at radius 1 is 1.25 bits per heavy atom. The molecule has 0 aromatic carbocycles. The quantitative estimate of drug-likeness (QED) is 0.749. The van der Waals surface area contributed by atoms with Gasteiger partial charge in [-0.15, -0.1) is 0 Å². The van der Waals surface area contributed by atoms with Gasteiger partial charge in [0.05, 0.1) is 6.10 Å². The van der Waals surface area contributed by atoms with Crippen molar-refractivity contribution in [2.45, 2.75) is 64.6 Å². The number of allylic oxidation sites excluding steroid dienone is 2. The van der Waals surface area contributed by atoms with Crippen LogP contribution in [-0.4, -0.2) is 30.2 Å². The van der Waals surface area contributed by atoms with E-state index in [1.54, 1.807) is 7.11 Å². The topological polar surface area (TPSA) is 46.5 Å². The van der Waals surface area contributed by atoms with Gasteiger partial charge in [-0.3, -0.25) is 4.79 Å². The van der Waals surface area contributed by atoms with E-state index in [2.05, 4.69) is 12.2 Å². The van der Waals surface area contributed by atoms with Crippen LogP contribution in [0, 0.1) is 5.92 Å². The van der Waals surface area contributed by atoms with E-state index in [-0.39, 0.29) is 12.0 Å². The van der Waals surface area contributed by atoms with Crippen LogP contribution in [0.4, 0.5) is 0 Å². The van der Waals surface area contributed by atoms with Gasteiger partial charge in [0.2, 0.25) is 0 Å². The predicted octanol–water partition coefficient (Wildman–Crippen LogP) is 3.42. The maximum atomic E-state index is 11.7. The summed E-state index contributed by atoms with van der Waals surface area (Å²) in [6, 6.07) is 0. The lowest BCUT2D eigenvalue weighted by Gasteiger charge is -2.23. The van der Waals surface area contributed by atoms with Crippen molar-refractivity contribution in [3.05, 3.63) is 23.8 Å². The Kier molecular flexibility index (Phi) is 7.78. The van der Waals surface area contributed by atoms with Crippen molar-refractivity contribution in [3.63, 3.8) is 0 Å². The van der Waals surface area contributed by atoms with Crippen molar-refractivity contribution < 1.29 is 14.6 Å². The highest BCUT2D eigenvalue weighted by Gasteiger charge is 2.21. The monoisotopic (exact) mass is 280 g/mol. The summed E-state index contributed by atoms with van der Waals surface area (Å²) in [5.41, 5.74) is 1.17. The Labute approximate surface area is 122 Å². The molecule has 0 fully saturated rings. The SMILES string of the molecule is COC1/C=C\CCCCC(=O)CC/C(C)=C/[C@@H](C)[C@@H]1O. The summed E-state index contributed by atoms with van der Waals surface area (Å²) in [6.07, 6.45) is 10.2. The molecule has 3 heteroatoms. The van der Waals surface area contributed by atoms with E-state index in [0.717, 1.165) is 25.7 Å². The van der Waals surface area contributed by atoms with Crippen LogP contribution in [0.5, 0.6) is 0 Å². The van der Waals surface area contributed by atoms with E-state index in [0.29, 0.717) is 18.6 Å². The second-order valence-electron chi connectivity index (χ2n) is 5.78. The average Bonchev–Trinajstić information content (AvgIpc) is 2.43. The number of aliphatic hydroxyl groups is 1. The molecule has 0 spiro atoms. The van der Waals surface area contributed by atoms with Gasteiger partial charge in [-0.2, -0.15) is 0 Å². The number of ketones is 1. The molecule has 0 aromatic rings. The highest BCUT2D eigenvalue weighted by molar-refractivity contribution is 5.78. The molecule has 0 bridgehead atoms. The zero-order valence-electron chi connectivity index (χ0n) is 13.0. The van der Waals surface area contributed by atoms with E-state index < -0.39 is 6.10 Å². The van der Waals surface area contributed by atoms with Crippen LogP contribution >= 0.6 is 0 Å². The summed E-state index contributed by atoms with van der Waals surface area (Å²) in [6.45, 7) is 4.02. The van der Waals surface area contributed by atoms with Crippen molar-refractivity contribution >= 4 is 5.78 Å². The zero-order chi connectivity index (χ0) is 15.0. The van der Waals surface area contributed by atoms with Crippen molar-refractivity contribution in [1.29, 1.82) is 0 Å². The largest absolute Gasteiger partial charge is 0.389 e. The molecule has 3 nitrogen and oxygen atoms in total. The fourth-order valence-corrected chi connectivity index (χ4v) is 2.54. The summed E-state index contributed by atoms with van der Waals surface area (Å²) in [5, 5.41) is 10.3. The number of carbonyl (C=O) groups excluding carboxylic acids is 1. The third kappa shape index (κ3) is 6.02. The zero-order valence-corrected chi connectivity index (χ0v) is 13.0. The molecule has 0 saturated carbocycles. The van der Waals surface area contributed by atoms with Gasteiger partial charge in [-0.25, -0.2) is 0 Å². The van der Waals surface area contributed by atoms with Crippen LogP contribution in [0.2, 0.25) is 0 Å². The molecule has 114 valence electrons. The van der Waals surface area contributed by atoms with E-state index in [1.165, 1.54) is 5.57 Å². The first-order valence-corrected chi connectivity index (χ1v) is 7.61. The fraction of sp³-hybridized carbons (Fsp3) is 0.706. The van der Waals surface area contributed by atoms with Gasteiger partial charge in [0.1, 0.15) is 11.9 Å². The third-order valence-corrected chi connectivity index (χ3v) is 3.90. The van der Waals surface area contributed by atoms with Gasteiger partial charge >= 0.3 is 0 Å². The standard InChI is InChI=1S/C17H28O3/c1-13-10-11-15(18)8-6-4-5-7-9-16(20-3)17(19)14(2)12-13/h7,9,12,14,16-17,19H,4-6,8,10-11H2,1-3H3/b9-7-,13-12+/t14-,16?,17+/m1/s1. The van der Waals surface area contributed by atoms with E-state index in [1.807, 2.05) is 19.9 Å². The molecule has 0 aliphatic heterocycles. The third-order valence-electron chi connectivity index (χ3n) is 3.90. The van der Waals surface area contributed by atoms with Crippen LogP contribution in [0.1, 0.15) is 52.4 Å². The second kappa shape index (κ2) is 9.09. The Hall–Kier alpha value is -0.930. The summed E-state index contributed by atoms with van der Waals surface area (Å²) < 4.78 is 5.37. The molecule has 0 amide bonds. The number of carbonyl (C=O) groups is 1. The number of Topliss-reactive ketones (excluding diaryl/α,β-unsaturated/α-hetero) is 1. The van der Waals surface area contributed by atoms with Crippen molar-refractivity contribution in [3.8, 4) is 0 Å². The first-order valence-electron chi connectivity index (χ1n) is 7.61. The highest BCUT2D eigenvalue weighted by atomic mass is 16.5. The molecule has 0 aromatic heterocycles. The molecule has 20 heavy (non-hydrogen) atoms. The number of methoxy groups -OCH3 is 1. The van der Waals surface area contributed by atoms with E-state index in [9.17, 15) is 9.90 Å². The van der Waals surface area contributed by atoms with Crippen molar-refractivity contribution in [1.82, 2.24) is 0 Å². The summed E-state index contributed by atoms with van der Waals surface area (Å²) >= 11 is 0. The van der Waals surface area contributed by atoms with Gasteiger partial charge in [0, 0.05) is 25.9 Å². The smallest absolute Gasteiger partial charge is 0.133 e. The van der Waals surface area contributed by atoms with Crippen LogP contribution in [0.15, 0.2) is 23.8 Å². The number of aliphatic hydroxyl groups excluding tert-OH is 1. The lowest BCUT2D eigenvalue weighted by atomic mass is 9.94. The van der Waals surface area contributed by atoms with Crippen LogP contribution in [0.25, 0.3) is 0 Å². The van der Waals surface area contributed by atoms with Gasteiger partial charge in [0.15, 0.2) is 0 Å². The minimum Gasteiger partial charge on any atom is -0.389 e. The maximum Gasteiger partial charge on any atom is 0.133 e. The van der Waals surface area contributed by atoms with Gasteiger partial charge in [0.25, 0.3) is 0 Å². The lowest BCUT2D eigenvalue weighted by Crippen LogP contribution is -2.31. The van der Waals surface area contributed by atoms with Gasteiger partial charge < -0.3 is 9.84 Å². The predicted molar refractivity (Wildman–Crippen MR) is 81.6 cm³/mol. The minimum absolute atomic E-state index is 0.0163. The van der Waals surface area contributed by atoms with Gasteiger partial charge in [-0.05, 0) is 32.6 Å². The Morgan fingerprint density at radius 3 is 2.70 bits per heavy atom. The maximum absolute atomic E-state index is 11.7. The highest BCUT2D eigenvalue weighted by Crippen LogP contribution is 2.18. The first-order chi connectivity index (χ1) is 9.54. The molecule has 3 atom stereocenters. The van der Waals surface area contributed by atoms with Crippen LogP contribution in [-0.2, 0) is 9.53 Å². The summed E-state index contributed by atoms with van der Waals surface area (Å²) in [4.78, 5) is 11.7. The van der Waals surface area contributed by atoms with Crippen molar-refractivity contribution in [2.24, 2.45) is 5.92 Å². The van der Waals surface area contributed by atoms with Crippen LogP contribution < -0.4 is 0 Å². The number of ether oxygens (including phenoxy) is 1. The fourth-order valence-electron chi connectivity index (χ4n) is 2.54. The Balaban J connectivity index is 2.78.